The first-order valence-corrected chi connectivity index (χ1v) is 8.86. The van der Waals surface area contributed by atoms with Crippen molar-refractivity contribution < 1.29 is 4.39 Å². The van der Waals surface area contributed by atoms with E-state index < -0.39 is 0 Å². The first-order chi connectivity index (χ1) is 11.7. The lowest BCUT2D eigenvalue weighted by atomic mass is 10.00. The van der Waals surface area contributed by atoms with Crippen molar-refractivity contribution in [1.82, 2.24) is 9.97 Å². The van der Waals surface area contributed by atoms with Gasteiger partial charge in [-0.15, -0.1) is 0 Å². The Morgan fingerprint density at radius 3 is 2.67 bits per heavy atom. The standard InChI is InChI=1S/C19H25FN4/c1-3-15-13-18(24-12-6-5-7-17(24)4-2)23-19(21-15)22-16-10-8-14(20)9-11-16/h8-11,13,17H,3-7,12H2,1-2H3,(H,21,22,23). The lowest BCUT2D eigenvalue weighted by Crippen LogP contribution is -2.39. The minimum Gasteiger partial charge on any atom is -0.353 e. The molecule has 1 aliphatic heterocycles. The number of benzene rings is 1. The van der Waals surface area contributed by atoms with Crippen molar-refractivity contribution in [3.63, 3.8) is 0 Å². The quantitative estimate of drug-likeness (QED) is 0.864. The largest absolute Gasteiger partial charge is 0.353 e. The van der Waals surface area contributed by atoms with Gasteiger partial charge < -0.3 is 10.2 Å². The Labute approximate surface area is 143 Å². The zero-order chi connectivity index (χ0) is 16.9. The molecular weight excluding hydrogens is 303 g/mol. The number of rotatable bonds is 5. The van der Waals surface area contributed by atoms with E-state index >= 15 is 0 Å². The molecule has 1 N–H and O–H groups in total. The van der Waals surface area contributed by atoms with Gasteiger partial charge in [0, 0.05) is 30.0 Å². The van der Waals surface area contributed by atoms with Crippen LogP contribution in [0.1, 0.15) is 45.2 Å². The summed E-state index contributed by atoms with van der Waals surface area (Å²) in [6.45, 7) is 5.39. The molecule has 1 saturated heterocycles. The van der Waals surface area contributed by atoms with Crippen molar-refractivity contribution in [3.05, 3.63) is 41.8 Å². The Morgan fingerprint density at radius 2 is 1.96 bits per heavy atom. The van der Waals surface area contributed by atoms with Gasteiger partial charge in [-0.1, -0.05) is 13.8 Å². The number of anilines is 3. The van der Waals surface area contributed by atoms with Gasteiger partial charge in [0.25, 0.3) is 0 Å². The van der Waals surface area contributed by atoms with Gasteiger partial charge in [-0.25, -0.2) is 9.37 Å². The van der Waals surface area contributed by atoms with Crippen LogP contribution in [0, 0.1) is 5.82 Å². The van der Waals surface area contributed by atoms with Gasteiger partial charge in [0.2, 0.25) is 5.95 Å². The zero-order valence-electron chi connectivity index (χ0n) is 14.4. The summed E-state index contributed by atoms with van der Waals surface area (Å²) in [7, 11) is 0. The molecule has 4 nitrogen and oxygen atoms in total. The van der Waals surface area contributed by atoms with Gasteiger partial charge in [-0.2, -0.15) is 4.98 Å². The maximum Gasteiger partial charge on any atom is 0.229 e. The van der Waals surface area contributed by atoms with Crippen molar-refractivity contribution in [3.8, 4) is 0 Å². The highest BCUT2D eigenvalue weighted by Gasteiger charge is 2.23. The zero-order valence-corrected chi connectivity index (χ0v) is 14.4. The lowest BCUT2D eigenvalue weighted by Gasteiger charge is -2.36. The number of halogens is 1. The topological polar surface area (TPSA) is 41.1 Å². The highest BCUT2D eigenvalue weighted by molar-refractivity contribution is 5.56. The second-order valence-corrected chi connectivity index (χ2v) is 6.28. The molecule has 1 aromatic carbocycles. The Balaban J connectivity index is 1.88. The van der Waals surface area contributed by atoms with Gasteiger partial charge in [0.1, 0.15) is 11.6 Å². The molecule has 24 heavy (non-hydrogen) atoms. The summed E-state index contributed by atoms with van der Waals surface area (Å²) in [6.07, 6.45) is 5.72. The molecule has 2 aromatic rings. The van der Waals surface area contributed by atoms with Gasteiger partial charge in [0.15, 0.2) is 0 Å². The molecule has 0 spiro atoms. The fourth-order valence-corrected chi connectivity index (χ4v) is 3.26. The van der Waals surface area contributed by atoms with Crippen molar-refractivity contribution in [2.75, 3.05) is 16.8 Å². The van der Waals surface area contributed by atoms with Crippen LogP contribution in [-0.4, -0.2) is 22.6 Å². The molecular formula is C19H25FN4. The van der Waals surface area contributed by atoms with E-state index in [1.165, 1.54) is 31.4 Å². The maximum absolute atomic E-state index is 13.1. The van der Waals surface area contributed by atoms with E-state index in [1.54, 1.807) is 12.1 Å². The average molecular weight is 328 g/mol. The van der Waals surface area contributed by atoms with Crippen molar-refractivity contribution >= 4 is 17.5 Å². The third-order valence-electron chi connectivity index (χ3n) is 4.62. The molecule has 1 fully saturated rings. The molecule has 1 atom stereocenters. The van der Waals surface area contributed by atoms with Crippen molar-refractivity contribution in [2.24, 2.45) is 0 Å². The van der Waals surface area contributed by atoms with E-state index in [-0.39, 0.29) is 5.82 Å². The SMILES string of the molecule is CCc1cc(N2CCCCC2CC)nc(Nc2ccc(F)cc2)n1. The second kappa shape index (κ2) is 7.60. The van der Waals surface area contributed by atoms with Crippen LogP contribution in [0.2, 0.25) is 0 Å². The van der Waals surface area contributed by atoms with Crippen LogP contribution < -0.4 is 10.2 Å². The first-order valence-electron chi connectivity index (χ1n) is 8.86. The smallest absolute Gasteiger partial charge is 0.229 e. The van der Waals surface area contributed by atoms with E-state index in [2.05, 4.69) is 35.1 Å². The predicted octanol–water partition coefficient (Wildman–Crippen LogP) is 4.69. The number of aryl methyl sites for hydroxylation is 1. The Hall–Kier alpha value is -2.17. The molecule has 3 rings (SSSR count). The van der Waals surface area contributed by atoms with Crippen LogP contribution in [0.4, 0.5) is 21.8 Å². The summed E-state index contributed by atoms with van der Waals surface area (Å²) >= 11 is 0. The maximum atomic E-state index is 13.1. The molecule has 0 saturated carbocycles. The molecule has 1 aliphatic rings. The second-order valence-electron chi connectivity index (χ2n) is 6.28. The number of nitrogens with one attached hydrogen (secondary N) is 1. The first kappa shape index (κ1) is 16.7. The molecule has 1 aromatic heterocycles. The van der Waals surface area contributed by atoms with E-state index in [0.29, 0.717) is 12.0 Å². The third-order valence-corrected chi connectivity index (χ3v) is 4.62. The van der Waals surface area contributed by atoms with Crippen LogP contribution in [0.5, 0.6) is 0 Å². The fraction of sp³-hybridized carbons (Fsp3) is 0.474. The van der Waals surface area contributed by atoms with Crippen LogP contribution >= 0.6 is 0 Å². The number of nitrogens with zero attached hydrogens (tertiary/aromatic N) is 3. The molecule has 5 heteroatoms. The minimum atomic E-state index is -0.247. The summed E-state index contributed by atoms with van der Waals surface area (Å²) in [5, 5.41) is 3.20. The monoisotopic (exact) mass is 328 g/mol. The minimum absolute atomic E-state index is 0.247. The molecule has 0 amide bonds. The predicted molar refractivity (Wildman–Crippen MR) is 96.4 cm³/mol. The molecule has 0 bridgehead atoms. The number of aromatic nitrogens is 2. The Bertz CT molecular complexity index is 672. The molecule has 1 unspecified atom stereocenters. The highest BCUT2D eigenvalue weighted by atomic mass is 19.1. The van der Waals surface area contributed by atoms with E-state index in [9.17, 15) is 4.39 Å². The molecule has 0 aliphatic carbocycles. The normalized spacial score (nSPS) is 17.8. The number of piperidine rings is 1. The van der Waals surface area contributed by atoms with E-state index in [0.717, 1.165) is 36.6 Å². The van der Waals surface area contributed by atoms with Gasteiger partial charge in [-0.3, -0.25) is 0 Å². The van der Waals surface area contributed by atoms with E-state index in [4.69, 9.17) is 4.98 Å². The summed E-state index contributed by atoms with van der Waals surface area (Å²) in [6, 6.07) is 8.93. The summed E-state index contributed by atoms with van der Waals surface area (Å²) in [5.74, 6) is 1.33. The fourth-order valence-electron chi connectivity index (χ4n) is 3.26. The molecule has 2 heterocycles. The van der Waals surface area contributed by atoms with Crippen molar-refractivity contribution in [2.45, 2.75) is 52.0 Å². The van der Waals surface area contributed by atoms with Crippen LogP contribution in [0.25, 0.3) is 0 Å². The average Bonchev–Trinajstić information content (AvgIpc) is 2.63. The van der Waals surface area contributed by atoms with Crippen molar-refractivity contribution in [1.29, 1.82) is 0 Å². The van der Waals surface area contributed by atoms with Gasteiger partial charge in [0.05, 0.1) is 0 Å². The third kappa shape index (κ3) is 3.83. The van der Waals surface area contributed by atoms with E-state index in [1.807, 2.05) is 0 Å². The Kier molecular flexibility index (Phi) is 5.28. The van der Waals surface area contributed by atoms with Crippen LogP contribution in [0.15, 0.2) is 30.3 Å². The molecule has 0 radical (unpaired) electrons. The summed E-state index contributed by atoms with van der Waals surface area (Å²) in [5.41, 5.74) is 1.81. The number of hydrogen-bond donors (Lipinski definition) is 1. The number of hydrogen-bond acceptors (Lipinski definition) is 4. The van der Waals surface area contributed by atoms with Gasteiger partial charge in [-0.05, 0) is 56.4 Å². The van der Waals surface area contributed by atoms with Gasteiger partial charge >= 0.3 is 0 Å². The lowest BCUT2D eigenvalue weighted by molar-refractivity contribution is 0.446. The summed E-state index contributed by atoms with van der Waals surface area (Å²) < 4.78 is 13.1. The molecule has 128 valence electrons. The summed E-state index contributed by atoms with van der Waals surface area (Å²) in [4.78, 5) is 11.7. The highest BCUT2D eigenvalue weighted by Crippen LogP contribution is 2.27. The van der Waals surface area contributed by atoms with Crippen LogP contribution in [-0.2, 0) is 6.42 Å². The Morgan fingerprint density at radius 1 is 1.17 bits per heavy atom. The van der Waals surface area contributed by atoms with Crippen LogP contribution in [0.3, 0.4) is 0 Å².